The normalized spacial score (nSPS) is 19.9. The maximum atomic E-state index is 12.5. The van der Waals surface area contributed by atoms with Crippen LogP contribution in [0, 0.1) is 5.92 Å². The van der Waals surface area contributed by atoms with Gasteiger partial charge in [0.15, 0.2) is 0 Å². The third-order valence-electron chi connectivity index (χ3n) is 4.03. The second-order valence-corrected chi connectivity index (χ2v) is 5.88. The van der Waals surface area contributed by atoms with Crippen molar-refractivity contribution in [3.8, 4) is 0 Å². The molecule has 23 heavy (non-hydrogen) atoms. The van der Waals surface area contributed by atoms with Gasteiger partial charge in [-0.05, 0) is 31.0 Å². The summed E-state index contributed by atoms with van der Waals surface area (Å²) in [6, 6.07) is 5.19. The fourth-order valence-electron chi connectivity index (χ4n) is 2.72. The van der Waals surface area contributed by atoms with Crippen molar-refractivity contribution < 1.29 is 18.0 Å². The number of hydrogen-bond donors (Lipinski definition) is 1. The maximum Gasteiger partial charge on any atom is 0.416 e. The molecule has 2 atom stereocenters. The van der Waals surface area contributed by atoms with Gasteiger partial charge in [0.05, 0.1) is 5.56 Å². The van der Waals surface area contributed by atoms with Crippen molar-refractivity contribution in [3.63, 3.8) is 0 Å². The molecule has 3 nitrogen and oxygen atoms in total. The fraction of sp³-hybridized carbons (Fsp3) is 0.562. The van der Waals surface area contributed by atoms with E-state index in [1.165, 1.54) is 12.1 Å². The number of rotatable bonds is 3. The molecule has 1 aliphatic heterocycles. The van der Waals surface area contributed by atoms with E-state index in [9.17, 15) is 18.0 Å². The smallest absolute Gasteiger partial charge is 0.337 e. The third-order valence-corrected chi connectivity index (χ3v) is 4.03. The predicted molar refractivity (Wildman–Crippen MR) is 85.6 cm³/mol. The van der Waals surface area contributed by atoms with E-state index >= 15 is 0 Å². The highest BCUT2D eigenvalue weighted by Crippen LogP contribution is 2.29. The van der Waals surface area contributed by atoms with Crippen molar-refractivity contribution in [2.45, 2.75) is 32.5 Å². The lowest BCUT2D eigenvalue weighted by Crippen LogP contribution is -2.53. The second kappa shape index (κ2) is 8.02. The van der Waals surface area contributed by atoms with E-state index in [-0.39, 0.29) is 30.3 Å². The van der Waals surface area contributed by atoms with Crippen LogP contribution in [0.25, 0.3) is 0 Å². The van der Waals surface area contributed by atoms with Crippen molar-refractivity contribution in [1.29, 1.82) is 0 Å². The number of carbonyl (C=O) groups is 1. The first kappa shape index (κ1) is 19.8. The first-order chi connectivity index (χ1) is 10.3. The van der Waals surface area contributed by atoms with Crippen LogP contribution in [0.3, 0.4) is 0 Å². The average Bonchev–Trinajstić information content (AvgIpc) is 2.46. The summed E-state index contributed by atoms with van der Waals surface area (Å²) in [5.74, 6) is -0.175. The molecule has 0 saturated carbocycles. The van der Waals surface area contributed by atoms with Gasteiger partial charge in [0, 0.05) is 31.6 Å². The van der Waals surface area contributed by atoms with Gasteiger partial charge in [-0.3, -0.25) is 4.79 Å². The van der Waals surface area contributed by atoms with E-state index in [1.807, 2.05) is 18.7 Å². The molecule has 0 bridgehead atoms. The topological polar surface area (TPSA) is 32.3 Å². The minimum absolute atomic E-state index is 0. The van der Waals surface area contributed by atoms with Crippen LogP contribution in [0.4, 0.5) is 13.2 Å². The van der Waals surface area contributed by atoms with Gasteiger partial charge < -0.3 is 10.2 Å². The van der Waals surface area contributed by atoms with Gasteiger partial charge in [0.1, 0.15) is 0 Å². The molecule has 1 aliphatic rings. The first-order valence-electron chi connectivity index (χ1n) is 7.46. The Morgan fingerprint density at radius 2 is 1.96 bits per heavy atom. The van der Waals surface area contributed by atoms with Crippen LogP contribution in [0.1, 0.15) is 25.0 Å². The molecule has 1 aromatic carbocycles. The number of hydrogen-bond acceptors (Lipinski definition) is 2. The standard InChI is InChI=1S/C16H21F3N2O.ClH/c1-11(15(22)21-8-7-20-10-12(21)2)9-13-3-5-14(6-4-13)16(17,18)19;/h3-6,11-12,20H,7-10H2,1-2H3;1H. The van der Waals surface area contributed by atoms with E-state index in [0.717, 1.165) is 30.8 Å². The summed E-state index contributed by atoms with van der Waals surface area (Å²) >= 11 is 0. The van der Waals surface area contributed by atoms with Gasteiger partial charge in [-0.1, -0.05) is 19.1 Å². The lowest BCUT2D eigenvalue weighted by molar-refractivity contribution is -0.138. The predicted octanol–water partition coefficient (Wildman–Crippen LogP) is 3.13. The molecule has 0 spiro atoms. The molecule has 0 aromatic heterocycles. The minimum atomic E-state index is -4.32. The molecule has 0 radical (unpaired) electrons. The summed E-state index contributed by atoms with van der Waals surface area (Å²) in [7, 11) is 0. The number of nitrogens with one attached hydrogen (secondary N) is 1. The zero-order valence-electron chi connectivity index (χ0n) is 13.2. The van der Waals surface area contributed by atoms with Crippen LogP contribution in [0.15, 0.2) is 24.3 Å². The lowest BCUT2D eigenvalue weighted by atomic mass is 9.98. The zero-order valence-corrected chi connectivity index (χ0v) is 14.0. The first-order valence-corrected chi connectivity index (χ1v) is 7.46. The zero-order chi connectivity index (χ0) is 16.3. The van der Waals surface area contributed by atoms with Gasteiger partial charge >= 0.3 is 6.18 Å². The summed E-state index contributed by atoms with van der Waals surface area (Å²) in [6.07, 6.45) is -3.87. The highest BCUT2D eigenvalue weighted by atomic mass is 35.5. The second-order valence-electron chi connectivity index (χ2n) is 5.88. The van der Waals surface area contributed by atoms with Crippen LogP contribution in [0.5, 0.6) is 0 Å². The number of benzene rings is 1. The van der Waals surface area contributed by atoms with E-state index < -0.39 is 11.7 Å². The number of carbonyl (C=O) groups excluding carboxylic acids is 1. The van der Waals surface area contributed by atoms with Crippen LogP contribution in [-0.2, 0) is 17.4 Å². The molecule has 7 heteroatoms. The van der Waals surface area contributed by atoms with Crippen LogP contribution < -0.4 is 5.32 Å². The van der Waals surface area contributed by atoms with E-state index in [1.54, 1.807) is 0 Å². The quantitative estimate of drug-likeness (QED) is 0.908. The highest BCUT2D eigenvalue weighted by molar-refractivity contribution is 5.85. The minimum Gasteiger partial charge on any atom is -0.337 e. The Hall–Kier alpha value is -1.27. The number of nitrogens with zero attached hydrogens (tertiary/aromatic N) is 1. The van der Waals surface area contributed by atoms with Gasteiger partial charge in [-0.25, -0.2) is 0 Å². The summed E-state index contributed by atoms with van der Waals surface area (Å²) in [4.78, 5) is 14.3. The molecule has 130 valence electrons. The van der Waals surface area contributed by atoms with Crippen molar-refractivity contribution in [3.05, 3.63) is 35.4 Å². The SMILES string of the molecule is CC(Cc1ccc(C(F)(F)F)cc1)C(=O)N1CCNCC1C.Cl. The number of alkyl halides is 3. The molecular weight excluding hydrogens is 329 g/mol. The maximum absolute atomic E-state index is 12.5. The van der Waals surface area contributed by atoms with Crippen LogP contribution >= 0.6 is 12.4 Å². The lowest BCUT2D eigenvalue weighted by Gasteiger charge is -2.35. The monoisotopic (exact) mass is 350 g/mol. The largest absolute Gasteiger partial charge is 0.416 e. The van der Waals surface area contributed by atoms with Gasteiger partial charge in [-0.15, -0.1) is 12.4 Å². The van der Waals surface area contributed by atoms with E-state index in [4.69, 9.17) is 0 Å². The summed E-state index contributed by atoms with van der Waals surface area (Å²) in [5.41, 5.74) is 0.0857. The molecule has 1 fully saturated rings. The summed E-state index contributed by atoms with van der Waals surface area (Å²) < 4.78 is 37.6. The molecule has 1 amide bonds. The number of amides is 1. The van der Waals surface area contributed by atoms with Gasteiger partial charge in [0.2, 0.25) is 5.91 Å². The van der Waals surface area contributed by atoms with Crippen molar-refractivity contribution in [2.75, 3.05) is 19.6 Å². The Labute approximate surface area is 140 Å². The Morgan fingerprint density at radius 3 is 2.48 bits per heavy atom. The van der Waals surface area contributed by atoms with Crippen molar-refractivity contribution in [1.82, 2.24) is 10.2 Å². The molecule has 2 rings (SSSR count). The van der Waals surface area contributed by atoms with Crippen molar-refractivity contribution >= 4 is 18.3 Å². The number of halogens is 4. The Balaban J connectivity index is 0.00000264. The Bertz CT molecular complexity index is 519. The highest BCUT2D eigenvalue weighted by Gasteiger charge is 2.30. The summed E-state index contributed by atoms with van der Waals surface area (Å²) in [5, 5.41) is 3.23. The Morgan fingerprint density at radius 1 is 1.35 bits per heavy atom. The molecular formula is C16H22ClF3N2O. The number of piperazine rings is 1. The van der Waals surface area contributed by atoms with Gasteiger partial charge in [0.25, 0.3) is 0 Å². The van der Waals surface area contributed by atoms with E-state index in [0.29, 0.717) is 13.0 Å². The molecule has 1 aromatic rings. The van der Waals surface area contributed by atoms with Crippen molar-refractivity contribution in [2.24, 2.45) is 5.92 Å². The van der Waals surface area contributed by atoms with Crippen LogP contribution in [-0.4, -0.2) is 36.5 Å². The van der Waals surface area contributed by atoms with Gasteiger partial charge in [-0.2, -0.15) is 13.2 Å². The molecule has 1 saturated heterocycles. The molecule has 2 unspecified atom stereocenters. The third kappa shape index (κ3) is 5.11. The average molecular weight is 351 g/mol. The fourth-order valence-corrected chi connectivity index (χ4v) is 2.72. The Kier molecular flexibility index (Phi) is 6.89. The molecule has 1 N–H and O–H groups in total. The summed E-state index contributed by atoms with van der Waals surface area (Å²) in [6.45, 7) is 6.06. The molecule has 0 aliphatic carbocycles. The van der Waals surface area contributed by atoms with E-state index in [2.05, 4.69) is 5.32 Å². The molecule has 1 heterocycles. The van der Waals surface area contributed by atoms with Crippen LogP contribution in [0.2, 0.25) is 0 Å².